The van der Waals surface area contributed by atoms with Gasteiger partial charge in [-0.05, 0) is 38.2 Å². The summed E-state index contributed by atoms with van der Waals surface area (Å²) < 4.78 is 51.8. The highest BCUT2D eigenvalue weighted by atomic mass is 19.4. The largest absolute Gasteiger partial charge is 0.488 e. The van der Waals surface area contributed by atoms with E-state index in [2.05, 4.69) is 15.8 Å². The number of rotatable bonds is 5. The maximum Gasteiger partial charge on any atom is 0.420 e. The maximum absolute atomic E-state index is 13.7. The fourth-order valence-corrected chi connectivity index (χ4v) is 3.55. The van der Waals surface area contributed by atoms with Gasteiger partial charge in [0, 0.05) is 5.39 Å². The molecular weight excluding hydrogens is 441 g/mol. The highest BCUT2D eigenvalue weighted by Crippen LogP contribution is 2.43. The molecule has 0 fully saturated rings. The Morgan fingerprint density at radius 2 is 2.00 bits per heavy atom. The van der Waals surface area contributed by atoms with Crippen LogP contribution < -0.4 is 20.3 Å². The molecule has 1 aliphatic heterocycles. The highest BCUT2D eigenvalue weighted by molar-refractivity contribution is 6.02. The third-order valence-corrected chi connectivity index (χ3v) is 5.45. The minimum absolute atomic E-state index is 0.0691. The van der Waals surface area contributed by atoms with Gasteiger partial charge in [-0.15, -0.1) is 0 Å². The monoisotopic (exact) mass is 462 g/mol. The third-order valence-electron chi connectivity index (χ3n) is 5.45. The molecule has 0 saturated carbocycles. The Labute approximate surface area is 186 Å². The van der Waals surface area contributed by atoms with E-state index in [0.717, 1.165) is 11.0 Å². The molecule has 2 heterocycles. The minimum atomic E-state index is -4.70. The average Bonchev–Trinajstić information content (AvgIpc) is 3.15. The van der Waals surface area contributed by atoms with E-state index in [0.29, 0.717) is 16.7 Å². The lowest BCUT2D eigenvalue weighted by Crippen LogP contribution is -2.53. The predicted octanol–water partition coefficient (Wildman–Crippen LogP) is 2.86. The van der Waals surface area contributed by atoms with Gasteiger partial charge in [0.15, 0.2) is 11.3 Å². The molecule has 2 unspecified atom stereocenters. The van der Waals surface area contributed by atoms with Gasteiger partial charge >= 0.3 is 6.18 Å². The molecule has 4 rings (SSSR count). The normalized spacial score (nSPS) is 17.3. The van der Waals surface area contributed by atoms with E-state index in [4.69, 9.17) is 9.26 Å². The van der Waals surface area contributed by atoms with Crippen molar-refractivity contribution < 1.29 is 32.0 Å². The van der Waals surface area contributed by atoms with Crippen LogP contribution in [-0.4, -0.2) is 42.7 Å². The molecule has 2 atom stereocenters. The number of alkyl halides is 3. The molecule has 33 heavy (non-hydrogen) atoms. The first-order valence-electron chi connectivity index (χ1n) is 10.2. The number of halogens is 3. The zero-order valence-electron chi connectivity index (χ0n) is 17.8. The van der Waals surface area contributed by atoms with Crippen LogP contribution in [0.15, 0.2) is 47.0 Å². The molecule has 0 radical (unpaired) electrons. The number of carbonyl (C=O) groups excluding carboxylic acids is 2. The number of nitrogens with zero attached hydrogens (tertiary/aromatic N) is 2. The van der Waals surface area contributed by atoms with E-state index >= 15 is 0 Å². The molecule has 174 valence electrons. The molecule has 1 aliphatic rings. The SMILES string of the molecule is CNC(C)C(=O)NC1COc2c(cccc2C(F)(F)F)N(Cc2noc3ccccc23)C1=O. The Bertz CT molecular complexity index is 1190. The smallest absolute Gasteiger partial charge is 0.420 e. The first kappa shape index (κ1) is 22.6. The van der Waals surface area contributed by atoms with Gasteiger partial charge in [0.1, 0.15) is 18.3 Å². The van der Waals surface area contributed by atoms with Gasteiger partial charge in [-0.2, -0.15) is 13.2 Å². The third kappa shape index (κ3) is 4.36. The number of anilines is 1. The Hall–Kier alpha value is -3.60. The van der Waals surface area contributed by atoms with Crippen LogP contribution in [-0.2, 0) is 22.3 Å². The molecule has 0 saturated heterocycles. The predicted molar refractivity (Wildman–Crippen MR) is 113 cm³/mol. The van der Waals surface area contributed by atoms with E-state index < -0.39 is 48.0 Å². The number of fused-ring (bicyclic) bond motifs is 2. The fraction of sp³-hybridized carbons (Fsp3) is 0.318. The first-order valence-corrected chi connectivity index (χ1v) is 10.2. The van der Waals surface area contributed by atoms with Crippen LogP contribution in [0.2, 0.25) is 0 Å². The summed E-state index contributed by atoms with van der Waals surface area (Å²) in [6.07, 6.45) is -4.70. The van der Waals surface area contributed by atoms with Gasteiger partial charge in [-0.25, -0.2) is 0 Å². The minimum Gasteiger partial charge on any atom is -0.488 e. The maximum atomic E-state index is 13.7. The van der Waals surface area contributed by atoms with Crippen LogP contribution in [0.1, 0.15) is 18.2 Å². The molecule has 2 N–H and O–H groups in total. The molecule has 0 spiro atoms. The van der Waals surface area contributed by atoms with E-state index in [1.54, 1.807) is 38.2 Å². The second-order valence-corrected chi connectivity index (χ2v) is 7.58. The number of aromatic nitrogens is 1. The molecule has 0 aliphatic carbocycles. The molecule has 3 aromatic rings. The first-order chi connectivity index (χ1) is 15.7. The Balaban J connectivity index is 1.78. The summed E-state index contributed by atoms with van der Waals surface area (Å²) in [5.41, 5.74) is -0.250. The number of amides is 2. The van der Waals surface area contributed by atoms with Crippen molar-refractivity contribution in [1.82, 2.24) is 15.8 Å². The van der Waals surface area contributed by atoms with Gasteiger partial charge in [0.2, 0.25) is 5.91 Å². The number of ether oxygens (including phenoxy) is 1. The molecule has 2 aromatic carbocycles. The van der Waals surface area contributed by atoms with Gasteiger partial charge in [-0.1, -0.05) is 23.4 Å². The summed E-state index contributed by atoms with van der Waals surface area (Å²) in [5.74, 6) is -1.60. The molecule has 0 bridgehead atoms. The van der Waals surface area contributed by atoms with Crippen molar-refractivity contribution in [2.45, 2.75) is 31.7 Å². The molecule has 1 aromatic heterocycles. The second-order valence-electron chi connectivity index (χ2n) is 7.58. The van der Waals surface area contributed by atoms with E-state index in [1.165, 1.54) is 12.1 Å². The lowest BCUT2D eigenvalue weighted by Gasteiger charge is -2.25. The van der Waals surface area contributed by atoms with E-state index in [-0.39, 0.29) is 12.2 Å². The summed E-state index contributed by atoms with van der Waals surface area (Å²) >= 11 is 0. The van der Waals surface area contributed by atoms with Crippen LogP contribution >= 0.6 is 0 Å². The van der Waals surface area contributed by atoms with Crippen molar-refractivity contribution in [2.24, 2.45) is 0 Å². The molecular formula is C22H21F3N4O4. The summed E-state index contributed by atoms with van der Waals surface area (Å²) in [7, 11) is 1.57. The number of nitrogens with one attached hydrogen (secondary N) is 2. The zero-order chi connectivity index (χ0) is 23.8. The van der Waals surface area contributed by atoms with Crippen molar-refractivity contribution in [3.63, 3.8) is 0 Å². The number of para-hydroxylation sites is 2. The number of benzene rings is 2. The van der Waals surface area contributed by atoms with Crippen molar-refractivity contribution in [3.8, 4) is 5.75 Å². The Morgan fingerprint density at radius 1 is 1.24 bits per heavy atom. The summed E-state index contributed by atoms with van der Waals surface area (Å²) in [6.45, 7) is 0.950. The summed E-state index contributed by atoms with van der Waals surface area (Å²) in [4.78, 5) is 27.0. The average molecular weight is 462 g/mol. The van der Waals surface area contributed by atoms with Gasteiger partial charge < -0.3 is 24.8 Å². The molecule has 11 heteroatoms. The number of likely N-dealkylation sites (N-methyl/N-ethyl adjacent to an activating group) is 1. The van der Waals surface area contributed by atoms with Crippen LogP contribution in [0.4, 0.5) is 18.9 Å². The topological polar surface area (TPSA) is 96.7 Å². The number of carbonyl (C=O) groups is 2. The van der Waals surface area contributed by atoms with Crippen molar-refractivity contribution >= 4 is 28.5 Å². The van der Waals surface area contributed by atoms with Crippen LogP contribution in [0.25, 0.3) is 11.0 Å². The zero-order valence-corrected chi connectivity index (χ0v) is 17.8. The van der Waals surface area contributed by atoms with Gasteiger partial charge in [0.25, 0.3) is 5.91 Å². The molecule has 2 amide bonds. The Kier molecular flexibility index (Phi) is 5.98. The van der Waals surface area contributed by atoms with Gasteiger partial charge in [-0.3, -0.25) is 9.59 Å². The summed E-state index contributed by atoms with van der Waals surface area (Å²) in [5, 5.41) is 9.92. The van der Waals surface area contributed by atoms with Crippen molar-refractivity contribution in [2.75, 3.05) is 18.6 Å². The van der Waals surface area contributed by atoms with Gasteiger partial charge in [0.05, 0.1) is 23.8 Å². The molecule has 8 nitrogen and oxygen atoms in total. The van der Waals surface area contributed by atoms with Crippen LogP contribution in [0.5, 0.6) is 5.75 Å². The van der Waals surface area contributed by atoms with Crippen molar-refractivity contribution in [3.05, 3.63) is 53.7 Å². The standard InChI is InChI=1S/C22H21F3N4O4/c1-12(26-2)20(30)27-16-11-32-19-14(22(23,24)25)7-5-8-17(19)29(21(16)31)10-15-13-6-3-4-9-18(13)33-28-15/h3-9,12,16,26H,10-11H2,1-2H3,(H,27,30). The summed E-state index contributed by atoms with van der Waals surface area (Å²) in [6, 6.07) is 8.56. The van der Waals surface area contributed by atoms with Crippen LogP contribution in [0, 0.1) is 0 Å². The van der Waals surface area contributed by atoms with E-state index in [9.17, 15) is 22.8 Å². The lowest BCUT2D eigenvalue weighted by atomic mass is 10.1. The number of hydrogen-bond donors (Lipinski definition) is 2. The van der Waals surface area contributed by atoms with Crippen molar-refractivity contribution in [1.29, 1.82) is 0 Å². The van der Waals surface area contributed by atoms with E-state index in [1.807, 2.05) is 0 Å². The quantitative estimate of drug-likeness (QED) is 0.606. The lowest BCUT2D eigenvalue weighted by molar-refractivity contribution is -0.139. The highest BCUT2D eigenvalue weighted by Gasteiger charge is 2.40. The van der Waals surface area contributed by atoms with Crippen LogP contribution in [0.3, 0.4) is 0 Å². The number of hydrogen-bond acceptors (Lipinski definition) is 6. The fourth-order valence-electron chi connectivity index (χ4n) is 3.55. The Morgan fingerprint density at radius 3 is 2.73 bits per heavy atom. The second kappa shape index (κ2) is 8.74.